The molecule has 1 amide bonds. The van der Waals surface area contributed by atoms with Gasteiger partial charge in [-0.25, -0.2) is 9.97 Å². The van der Waals surface area contributed by atoms with Crippen molar-refractivity contribution in [2.24, 2.45) is 0 Å². The van der Waals surface area contributed by atoms with E-state index in [0.29, 0.717) is 24.7 Å². The highest BCUT2D eigenvalue weighted by molar-refractivity contribution is 5.92. The molecule has 4 rings (SSSR count). The van der Waals surface area contributed by atoms with Crippen molar-refractivity contribution in [3.05, 3.63) is 66.4 Å². The summed E-state index contributed by atoms with van der Waals surface area (Å²) in [5.41, 5.74) is 3.32. The normalized spacial score (nSPS) is 14.7. The van der Waals surface area contributed by atoms with Crippen molar-refractivity contribution < 1.29 is 4.79 Å². The molecular weight excluding hydrogens is 376 g/mol. The fourth-order valence-corrected chi connectivity index (χ4v) is 3.76. The number of anilines is 1. The van der Waals surface area contributed by atoms with Crippen LogP contribution in [-0.4, -0.2) is 49.9 Å². The molecule has 4 heterocycles. The Kier molecular flexibility index (Phi) is 5.97. The third-order valence-corrected chi connectivity index (χ3v) is 5.23. The number of pyridine rings is 2. The first kappa shape index (κ1) is 19.9. The average Bonchev–Trinajstić information content (AvgIpc) is 2.79. The van der Waals surface area contributed by atoms with Crippen molar-refractivity contribution in [1.29, 1.82) is 0 Å². The van der Waals surface area contributed by atoms with Crippen LogP contribution in [0, 0.1) is 0 Å². The summed E-state index contributed by atoms with van der Waals surface area (Å²) in [6, 6.07) is 11.5. The van der Waals surface area contributed by atoms with Crippen LogP contribution in [0.5, 0.6) is 0 Å². The highest BCUT2D eigenvalue weighted by Crippen LogP contribution is 2.34. The largest absolute Gasteiger partial charge is 0.352 e. The monoisotopic (exact) mass is 402 g/mol. The van der Waals surface area contributed by atoms with Gasteiger partial charge >= 0.3 is 0 Å². The van der Waals surface area contributed by atoms with Crippen LogP contribution in [0.1, 0.15) is 48.8 Å². The van der Waals surface area contributed by atoms with Gasteiger partial charge in [-0.1, -0.05) is 12.1 Å². The molecule has 30 heavy (non-hydrogen) atoms. The van der Waals surface area contributed by atoms with Crippen LogP contribution in [0.2, 0.25) is 0 Å². The highest BCUT2D eigenvalue weighted by atomic mass is 16.2. The van der Waals surface area contributed by atoms with E-state index in [4.69, 9.17) is 4.98 Å². The third kappa shape index (κ3) is 4.45. The van der Waals surface area contributed by atoms with E-state index in [1.807, 2.05) is 41.4 Å². The third-order valence-electron chi connectivity index (χ3n) is 5.23. The van der Waals surface area contributed by atoms with Crippen molar-refractivity contribution in [2.75, 3.05) is 18.4 Å². The first-order valence-electron chi connectivity index (χ1n) is 10.4. The maximum absolute atomic E-state index is 12.7. The molecule has 0 saturated carbocycles. The number of aromatic nitrogens is 4. The van der Waals surface area contributed by atoms with E-state index in [1.165, 1.54) is 0 Å². The number of nitrogens with one attached hydrogen (secondary N) is 1. The predicted molar refractivity (Wildman–Crippen MR) is 116 cm³/mol. The lowest BCUT2D eigenvalue weighted by atomic mass is 9.89. The molecule has 0 aromatic carbocycles. The van der Waals surface area contributed by atoms with Gasteiger partial charge in [0.05, 0.1) is 11.4 Å². The van der Waals surface area contributed by atoms with E-state index in [1.54, 1.807) is 18.5 Å². The molecule has 0 bridgehead atoms. The summed E-state index contributed by atoms with van der Waals surface area (Å²) in [4.78, 5) is 32.7. The molecule has 0 spiro atoms. The summed E-state index contributed by atoms with van der Waals surface area (Å²) >= 11 is 0. The smallest absolute Gasteiger partial charge is 0.272 e. The number of hydrogen-bond donors (Lipinski definition) is 1. The Morgan fingerprint density at radius 1 is 1.03 bits per heavy atom. The van der Waals surface area contributed by atoms with Gasteiger partial charge in [-0.15, -0.1) is 0 Å². The van der Waals surface area contributed by atoms with Crippen LogP contribution in [0.3, 0.4) is 0 Å². The van der Waals surface area contributed by atoms with Crippen LogP contribution in [0.4, 0.5) is 5.95 Å². The molecule has 1 saturated heterocycles. The minimum Gasteiger partial charge on any atom is -0.352 e. The molecular formula is C23H26N6O. The Morgan fingerprint density at radius 3 is 2.40 bits per heavy atom. The van der Waals surface area contributed by atoms with E-state index in [9.17, 15) is 4.79 Å². The Morgan fingerprint density at radius 2 is 1.77 bits per heavy atom. The van der Waals surface area contributed by atoms with Gasteiger partial charge in [-0.05, 0) is 51.0 Å². The van der Waals surface area contributed by atoms with E-state index in [-0.39, 0.29) is 17.9 Å². The average molecular weight is 403 g/mol. The van der Waals surface area contributed by atoms with Gasteiger partial charge < -0.3 is 10.2 Å². The van der Waals surface area contributed by atoms with E-state index >= 15 is 0 Å². The second-order valence-corrected chi connectivity index (χ2v) is 7.79. The fraction of sp³-hybridized carbons (Fsp3) is 0.348. The summed E-state index contributed by atoms with van der Waals surface area (Å²) in [6.07, 6.45) is 6.99. The summed E-state index contributed by atoms with van der Waals surface area (Å²) in [5, 5.41) is 3.30. The zero-order chi connectivity index (χ0) is 20.9. The van der Waals surface area contributed by atoms with Crippen molar-refractivity contribution in [2.45, 2.75) is 38.6 Å². The zero-order valence-electron chi connectivity index (χ0n) is 17.3. The van der Waals surface area contributed by atoms with E-state index in [2.05, 4.69) is 34.1 Å². The molecule has 7 heteroatoms. The molecule has 7 nitrogen and oxygen atoms in total. The number of likely N-dealkylation sites (tertiary alicyclic amines) is 1. The number of carbonyl (C=O) groups excluding carboxylic acids is 1. The molecule has 1 aliphatic rings. The molecule has 1 aliphatic heterocycles. The molecule has 1 N–H and O–H groups in total. The predicted octanol–water partition coefficient (Wildman–Crippen LogP) is 3.77. The highest BCUT2D eigenvalue weighted by Gasteiger charge is 2.28. The number of piperidine rings is 1. The quantitative estimate of drug-likeness (QED) is 0.699. The number of rotatable bonds is 5. The summed E-state index contributed by atoms with van der Waals surface area (Å²) < 4.78 is 0. The molecule has 1 fully saturated rings. The van der Waals surface area contributed by atoms with Gasteiger partial charge in [0.1, 0.15) is 5.69 Å². The van der Waals surface area contributed by atoms with Crippen molar-refractivity contribution in [3.8, 4) is 11.3 Å². The molecule has 3 aromatic rings. The Balaban J connectivity index is 1.56. The van der Waals surface area contributed by atoms with Crippen molar-refractivity contribution in [3.63, 3.8) is 0 Å². The van der Waals surface area contributed by atoms with Crippen molar-refractivity contribution >= 4 is 11.9 Å². The fourth-order valence-electron chi connectivity index (χ4n) is 3.76. The van der Waals surface area contributed by atoms with Crippen LogP contribution in [0.15, 0.2) is 55.0 Å². The first-order chi connectivity index (χ1) is 14.6. The van der Waals surface area contributed by atoms with E-state index < -0.39 is 0 Å². The minimum atomic E-state index is -0.0103. The lowest BCUT2D eigenvalue weighted by Crippen LogP contribution is -2.38. The molecule has 0 aliphatic carbocycles. The Labute approximate surface area is 176 Å². The van der Waals surface area contributed by atoms with Crippen LogP contribution >= 0.6 is 0 Å². The van der Waals surface area contributed by atoms with Crippen molar-refractivity contribution in [1.82, 2.24) is 24.8 Å². The van der Waals surface area contributed by atoms with Gasteiger partial charge in [0.2, 0.25) is 5.95 Å². The Hall–Kier alpha value is -3.35. The molecule has 0 atom stereocenters. The minimum absolute atomic E-state index is 0.0103. The van der Waals surface area contributed by atoms with Crippen LogP contribution < -0.4 is 5.32 Å². The molecule has 3 aromatic heterocycles. The van der Waals surface area contributed by atoms with Crippen LogP contribution in [0.25, 0.3) is 11.3 Å². The number of amides is 1. The summed E-state index contributed by atoms with van der Waals surface area (Å²) in [6.45, 7) is 5.49. The maximum atomic E-state index is 12.7. The molecule has 154 valence electrons. The number of carbonyl (C=O) groups is 1. The van der Waals surface area contributed by atoms with Crippen LogP contribution in [-0.2, 0) is 0 Å². The van der Waals surface area contributed by atoms with Gasteiger partial charge in [0.25, 0.3) is 5.91 Å². The molecule has 0 radical (unpaired) electrons. The lowest BCUT2D eigenvalue weighted by Gasteiger charge is -2.32. The standard InChI is InChI=1S/C23H26N6O/c1-16(2)27-23-26-15-18(19-7-3-5-11-24-19)21(28-23)17-9-13-29(14-10-17)22(30)20-8-4-6-12-25-20/h3-8,11-12,15-17H,9-10,13-14H2,1-2H3,(H,26,27,28). The second kappa shape index (κ2) is 8.98. The topological polar surface area (TPSA) is 83.9 Å². The summed E-state index contributed by atoms with van der Waals surface area (Å²) in [5.74, 6) is 0.862. The number of hydrogen-bond acceptors (Lipinski definition) is 6. The number of nitrogens with zero attached hydrogens (tertiary/aromatic N) is 5. The summed E-state index contributed by atoms with van der Waals surface area (Å²) in [7, 11) is 0. The van der Waals surface area contributed by atoms with E-state index in [0.717, 1.165) is 29.8 Å². The second-order valence-electron chi connectivity index (χ2n) is 7.79. The van der Waals surface area contributed by atoms with Gasteiger partial charge in [-0.2, -0.15) is 0 Å². The lowest BCUT2D eigenvalue weighted by molar-refractivity contribution is 0.0706. The molecule has 0 unspecified atom stereocenters. The van der Waals surface area contributed by atoms with Gasteiger partial charge in [-0.3, -0.25) is 14.8 Å². The zero-order valence-corrected chi connectivity index (χ0v) is 17.3. The SMILES string of the molecule is CC(C)Nc1ncc(-c2ccccn2)c(C2CCN(C(=O)c3ccccn3)CC2)n1. The van der Waals surface area contributed by atoms with Gasteiger partial charge in [0, 0.05) is 49.2 Å². The van der Waals surface area contributed by atoms with Gasteiger partial charge in [0.15, 0.2) is 0 Å². The Bertz CT molecular complexity index is 985. The maximum Gasteiger partial charge on any atom is 0.272 e. The first-order valence-corrected chi connectivity index (χ1v) is 10.4.